The van der Waals surface area contributed by atoms with Gasteiger partial charge in [-0.15, -0.1) is 0 Å². The van der Waals surface area contributed by atoms with Crippen molar-refractivity contribution in [2.24, 2.45) is 10.4 Å². The average Bonchev–Trinajstić information content (AvgIpc) is 2.31. The number of nitrogens with zero attached hydrogens (tertiary/aromatic N) is 1. The molecule has 98 valence electrons. The van der Waals surface area contributed by atoms with E-state index in [4.69, 9.17) is 0 Å². The second-order valence-electron chi connectivity index (χ2n) is 4.92. The minimum Gasteiger partial charge on any atom is -0.356 e. The maximum atomic E-state index is 4.25. The van der Waals surface area contributed by atoms with Crippen molar-refractivity contribution >= 4 is 5.96 Å². The van der Waals surface area contributed by atoms with E-state index in [0.717, 1.165) is 25.5 Å². The van der Waals surface area contributed by atoms with E-state index < -0.39 is 0 Å². The highest BCUT2D eigenvalue weighted by Gasteiger charge is 2.34. The Labute approximate surface area is 106 Å². The molecule has 2 N–H and O–H groups in total. The fourth-order valence-electron chi connectivity index (χ4n) is 2.26. The Kier molecular flexibility index (Phi) is 6.09. The lowest BCUT2D eigenvalue weighted by Crippen LogP contribution is -2.46. The minimum atomic E-state index is 0.543. The van der Waals surface area contributed by atoms with Crippen molar-refractivity contribution < 1.29 is 0 Å². The molecule has 1 saturated carbocycles. The molecule has 1 rings (SSSR count). The zero-order valence-corrected chi connectivity index (χ0v) is 11.6. The molecule has 0 heterocycles. The molecule has 0 aromatic rings. The quantitative estimate of drug-likeness (QED) is 0.322. The Hall–Kier alpha value is -0.990. The summed E-state index contributed by atoms with van der Waals surface area (Å²) in [5.41, 5.74) is 0.543. The topological polar surface area (TPSA) is 36.4 Å². The van der Waals surface area contributed by atoms with Gasteiger partial charge in [-0.25, -0.2) is 0 Å². The zero-order valence-electron chi connectivity index (χ0n) is 11.6. The van der Waals surface area contributed by atoms with E-state index in [2.05, 4.69) is 41.6 Å². The third-order valence-corrected chi connectivity index (χ3v) is 3.86. The Bertz CT molecular complexity index is 259. The first-order chi connectivity index (χ1) is 8.26. The van der Waals surface area contributed by atoms with Gasteiger partial charge in [-0.2, -0.15) is 0 Å². The predicted molar refractivity (Wildman–Crippen MR) is 75.4 cm³/mol. The Morgan fingerprint density at radius 3 is 2.59 bits per heavy atom. The monoisotopic (exact) mass is 237 g/mol. The van der Waals surface area contributed by atoms with Gasteiger partial charge in [0.1, 0.15) is 0 Å². The summed E-state index contributed by atoms with van der Waals surface area (Å²) in [5, 5.41) is 6.79. The van der Waals surface area contributed by atoms with Gasteiger partial charge in [0.05, 0.1) is 0 Å². The molecule has 0 atom stereocenters. The van der Waals surface area contributed by atoms with Gasteiger partial charge in [-0.1, -0.05) is 25.5 Å². The van der Waals surface area contributed by atoms with E-state index in [1.807, 2.05) is 7.05 Å². The SMILES string of the molecule is C/C=C/CCNC(=NC)NCC1(CC)CCC1. The van der Waals surface area contributed by atoms with Gasteiger partial charge in [-0.05, 0) is 38.0 Å². The molecule has 3 heteroatoms. The average molecular weight is 237 g/mol. The second kappa shape index (κ2) is 7.36. The zero-order chi connectivity index (χ0) is 12.6. The summed E-state index contributed by atoms with van der Waals surface area (Å²) in [6.45, 7) is 6.35. The Balaban J connectivity index is 2.23. The summed E-state index contributed by atoms with van der Waals surface area (Å²) < 4.78 is 0. The number of allylic oxidation sites excluding steroid dienone is 1. The van der Waals surface area contributed by atoms with Gasteiger partial charge in [0.2, 0.25) is 0 Å². The van der Waals surface area contributed by atoms with E-state index in [1.54, 1.807) is 0 Å². The molecule has 0 radical (unpaired) electrons. The lowest BCUT2D eigenvalue weighted by Gasteiger charge is -2.41. The van der Waals surface area contributed by atoms with Crippen LogP contribution in [-0.4, -0.2) is 26.1 Å². The summed E-state index contributed by atoms with van der Waals surface area (Å²) in [4.78, 5) is 4.25. The number of hydrogen-bond acceptors (Lipinski definition) is 1. The van der Waals surface area contributed by atoms with Crippen LogP contribution >= 0.6 is 0 Å². The summed E-state index contributed by atoms with van der Waals surface area (Å²) in [5.74, 6) is 0.939. The van der Waals surface area contributed by atoms with Crippen LogP contribution in [0.2, 0.25) is 0 Å². The maximum absolute atomic E-state index is 4.25. The minimum absolute atomic E-state index is 0.543. The van der Waals surface area contributed by atoms with Crippen molar-refractivity contribution in [3.05, 3.63) is 12.2 Å². The number of aliphatic imine (C=N–C) groups is 1. The van der Waals surface area contributed by atoms with Crippen molar-refractivity contribution in [3.63, 3.8) is 0 Å². The predicted octanol–water partition coefficient (Wildman–Crippen LogP) is 2.70. The Morgan fingerprint density at radius 1 is 1.35 bits per heavy atom. The van der Waals surface area contributed by atoms with E-state index in [-0.39, 0.29) is 0 Å². The Morgan fingerprint density at radius 2 is 2.12 bits per heavy atom. The fraction of sp³-hybridized carbons (Fsp3) is 0.786. The summed E-state index contributed by atoms with van der Waals surface area (Å²) in [6.07, 6.45) is 10.7. The largest absolute Gasteiger partial charge is 0.356 e. The van der Waals surface area contributed by atoms with Crippen LogP contribution in [0.1, 0.15) is 46.0 Å². The molecule has 0 unspecified atom stereocenters. The van der Waals surface area contributed by atoms with Gasteiger partial charge < -0.3 is 10.6 Å². The molecule has 0 spiro atoms. The van der Waals surface area contributed by atoms with Crippen LogP contribution < -0.4 is 10.6 Å². The lowest BCUT2D eigenvalue weighted by atomic mass is 9.67. The lowest BCUT2D eigenvalue weighted by molar-refractivity contribution is 0.131. The van der Waals surface area contributed by atoms with Crippen LogP contribution in [0.25, 0.3) is 0 Å². The van der Waals surface area contributed by atoms with Gasteiger partial charge in [-0.3, -0.25) is 4.99 Å². The molecule has 0 amide bonds. The van der Waals surface area contributed by atoms with E-state index >= 15 is 0 Å². The first kappa shape index (κ1) is 14.1. The summed E-state index contributed by atoms with van der Waals surface area (Å²) in [6, 6.07) is 0. The van der Waals surface area contributed by atoms with Crippen molar-refractivity contribution in [3.8, 4) is 0 Å². The molecule has 3 nitrogen and oxygen atoms in total. The first-order valence-corrected chi connectivity index (χ1v) is 6.82. The van der Waals surface area contributed by atoms with Gasteiger partial charge in [0.25, 0.3) is 0 Å². The van der Waals surface area contributed by atoms with Gasteiger partial charge >= 0.3 is 0 Å². The van der Waals surface area contributed by atoms with E-state index in [9.17, 15) is 0 Å². The van der Waals surface area contributed by atoms with Crippen molar-refractivity contribution in [1.29, 1.82) is 0 Å². The molecule has 0 saturated heterocycles. The number of hydrogen-bond donors (Lipinski definition) is 2. The number of nitrogens with one attached hydrogen (secondary N) is 2. The highest BCUT2D eigenvalue weighted by atomic mass is 15.2. The third kappa shape index (κ3) is 4.41. The summed E-state index contributed by atoms with van der Waals surface area (Å²) in [7, 11) is 1.84. The highest BCUT2D eigenvalue weighted by Crippen LogP contribution is 2.42. The second-order valence-corrected chi connectivity index (χ2v) is 4.92. The van der Waals surface area contributed by atoms with Gasteiger partial charge in [0, 0.05) is 20.1 Å². The number of rotatable bonds is 6. The van der Waals surface area contributed by atoms with Crippen molar-refractivity contribution in [1.82, 2.24) is 10.6 Å². The smallest absolute Gasteiger partial charge is 0.191 e. The van der Waals surface area contributed by atoms with Crippen LogP contribution in [0.15, 0.2) is 17.1 Å². The molecule has 1 fully saturated rings. The molecule has 0 aliphatic heterocycles. The number of guanidine groups is 1. The molecule has 0 bridgehead atoms. The van der Waals surface area contributed by atoms with E-state index in [0.29, 0.717) is 5.41 Å². The summed E-state index contributed by atoms with van der Waals surface area (Å²) >= 11 is 0. The molecule has 1 aliphatic carbocycles. The van der Waals surface area contributed by atoms with Crippen molar-refractivity contribution in [2.45, 2.75) is 46.0 Å². The van der Waals surface area contributed by atoms with Crippen LogP contribution in [0.5, 0.6) is 0 Å². The van der Waals surface area contributed by atoms with Crippen LogP contribution in [0.3, 0.4) is 0 Å². The molecule has 0 aromatic heterocycles. The third-order valence-electron chi connectivity index (χ3n) is 3.86. The normalized spacial score (nSPS) is 19.1. The molecular formula is C14H27N3. The van der Waals surface area contributed by atoms with Crippen LogP contribution in [-0.2, 0) is 0 Å². The first-order valence-electron chi connectivity index (χ1n) is 6.82. The van der Waals surface area contributed by atoms with Gasteiger partial charge in [0.15, 0.2) is 5.96 Å². The maximum Gasteiger partial charge on any atom is 0.191 e. The molecule has 17 heavy (non-hydrogen) atoms. The molecule has 1 aliphatic rings. The van der Waals surface area contributed by atoms with E-state index in [1.165, 1.54) is 25.7 Å². The van der Waals surface area contributed by atoms with Crippen LogP contribution in [0, 0.1) is 5.41 Å². The van der Waals surface area contributed by atoms with Crippen molar-refractivity contribution in [2.75, 3.05) is 20.1 Å². The fourth-order valence-corrected chi connectivity index (χ4v) is 2.26. The molecular weight excluding hydrogens is 210 g/mol. The standard InChI is InChI=1S/C14H27N3/c1-4-6-7-11-16-13(15-3)17-12-14(5-2)9-8-10-14/h4,6H,5,7-12H2,1-3H3,(H2,15,16,17)/b6-4+. The highest BCUT2D eigenvalue weighted by molar-refractivity contribution is 5.79. The van der Waals surface area contributed by atoms with Crippen LogP contribution in [0.4, 0.5) is 0 Å². The molecule has 0 aromatic carbocycles.